The summed E-state index contributed by atoms with van der Waals surface area (Å²) in [5.74, 6) is 0.169. The first-order valence-electron chi connectivity index (χ1n) is 12.5. The molecule has 204 valence electrons. The Kier molecular flexibility index (Phi) is 7.28. The molecule has 5 rings (SSSR count). The van der Waals surface area contributed by atoms with Gasteiger partial charge in [-0.1, -0.05) is 12.1 Å². The van der Waals surface area contributed by atoms with Crippen LogP contribution in [0.25, 0.3) is 11.1 Å². The number of rotatable bonds is 5. The molecule has 2 N–H and O–H groups in total. The van der Waals surface area contributed by atoms with E-state index in [-0.39, 0.29) is 24.4 Å². The van der Waals surface area contributed by atoms with Gasteiger partial charge in [0, 0.05) is 24.3 Å². The monoisotopic (exact) mass is 540 g/mol. The van der Waals surface area contributed by atoms with Gasteiger partial charge in [0.05, 0.1) is 37.8 Å². The lowest BCUT2D eigenvalue weighted by molar-refractivity contribution is -0.137. The SMILES string of the molecule is Cc1ccc(NC(=O)c2cccc(C(F)(F)F)c2)cc1-c1cc(N2CCOCC2)nc(N2CC(O)CC2=O)c1. The van der Waals surface area contributed by atoms with Gasteiger partial charge in [-0.3, -0.25) is 14.5 Å². The number of halogens is 3. The number of hydrogen-bond acceptors (Lipinski definition) is 6. The molecule has 0 bridgehead atoms. The van der Waals surface area contributed by atoms with Crippen LogP contribution in [0.2, 0.25) is 0 Å². The van der Waals surface area contributed by atoms with Crippen LogP contribution in [0.4, 0.5) is 30.5 Å². The Bertz CT molecular complexity index is 1410. The van der Waals surface area contributed by atoms with E-state index in [1.54, 1.807) is 24.3 Å². The highest BCUT2D eigenvalue weighted by atomic mass is 19.4. The predicted molar refractivity (Wildman–Crippen MR) is 140 cm³/mol. The quantitative estimate of drug-likeness (QED) is 0.502. The van der Waals surface area contributed by atoms with E-state index in [9.17, 15) is 27.9 Å². The van der Waals surface area contributed by atoms with Gasteiger partial charge in [-0.15, -0.1) is 0 Å². The molecule has 2 aromatic carbocycles. The molecular formula is C28H27F3N4O4. The Morgan fingerprint density at radius 3 is 2.51 bits per heavy atom. The van der Waals surface area contributed by atoms with Crippen molar-refractivity contribution in [3.05, 3.63) is 71.3 Å². The second-order valence-corrected chi connectivity index (χ2v) is 9.60. The summed E-state index contributed by atoms with van der Waals surface area (Å²) in [4.78, 5) is 33.6. The first-order valence-corrected chi connectivity index (χ1v) is 12.5. The summed E-state index contributed by atoms with van der Waals surface area (Å²) in [7, 11) is 0. The number of nitrogens with zero attached hydrogens (tertiary/aromatic N) is 3. The number of benzene rings is 2. The van der Waals surface area contributed by atoms with Crippen LogP contribution in [0.3, 0.4) is 0 Å². The number of β-amino-alcohol motifs (C(OH)–C–C–N with tert-alkyl or cyclic N) is 1. The number of ether oxygens (including phenoxy) is 1. The van der Waals surface area contributed by atoms with E-state index in [1.165, 1.54) is 17.0 Å². The molecule has 2 amide bonds. The van der Waals surface area contributed by atoms with E-state index >= 15 is 0 Å². The second kappa shape index (κ2) is 10.7. The molecule has 2 aliphatic heterocycles. The summed E-state index contributed by atoms with van der Waals surface area (Å²) in [6.45, 7) is 4.37. The normalized spacial score (nSPS) is 18.0. The fourth-order valence-electron chi connectivity index (χ4n) is 4.71. The summed E-state index contributed by atoms with van der Waals surface area (Å²) in [6.07, 6.45) is -5.31. The summed E-state index contributed by atoms with van der Waals surface area (Å²) in [5.41, 5.74) is 1.76. The van der Waals surface area contributed by atoms with E-state index in [4.69, 9.17) is 9.72 Å². The fourth-order valence-corrected chi connectivity index (χ4v) is 4.71. The molecule has 3 aromatic rings. The number of alkyl halides is 3. The number of aliphatic hydroxyl groups excluding tert-OH is 1. The molecule has 0 saturated carbocycles. The maximum Gasteiger partial charge on any atom is 0.416 e. The van der Waals surface area contributed by atoms with Crippen molar-refractivity contribution in [1.29, 1.82) is 0 Å². The van der Waals surface area contributed by atoms with Gasteiger partial charge in [-0.05, 0) is 66.1 Å². The Hall–Kier alpha value is -3.96. The maximum absolute atomic E-state index is 13.1. The Morgan fingerprint density at radius 2 is 1.82 bits per heavy atom. The van der Waals surface area contributed by atoms with E-state index < -0.39 is 23.8 Å². The molecular weight excluding hydrogens is 513 g/mol. The summed E-state index contributed by atoms with van der Waals surface area (Å²) in [5, 5.41) is 12.7. The maximum atomic E-state index is 13.1. The predicted octanol–water partition coefficient (Wildman–Crippen LogP) is 4.26. The third-order valence-electron chi connectivity index (χ3n) is 6.77. The molecule has 1 unspecified atom stereocenters. The Morgan fingerprint density at radius 1 is 1.08 bits per heavy atom. The smallest absolute Gasteiger partial charge is 0.391 e. The van der Waals surface area contributed by atoms with Gasteiger partial charge in [-0.25, -0.2) is 4.98 Å². The van der Waals surface area contributed by atoms with Crippen molar-refractivity contribution in [3.8, 4) is 11.1 Å². The number of aliphatic hydroxyl groups is 1. The number of hydrogen-bond donors (Lipinski definition) is 2. The number of nitrogens with one attached hydrogen (secondary N) is 1. The van der Waals surface area contributed by atoms with Crippen molar-refractivity contribution >= 4 is 29.1 Å². The van der Waals surface area contributed by atoms with Crippen LogP contribution in [-0.4, -0.2) is 60.9 Å². The van der Waals surface area contributed by atoms with Gasteiger partial charge in [0.25, 0.3) is 5.91 Å². The van der Waals surface area contributed by atoms with Gasteiger partial charge in [0.15, 0.2) is 0 Å². The molecule has 2 saturated heterocycles. The molecule has 2 aliphatic rings. The zero-order valence-corrected chi connectivity index (χ0v) is 21.2. The number of aryl methyl sites for hydroxylation is 1. The average Bonchev–Trinajstić information content (AvgIpc) is 3.27. The van der Waals surface area contributed by atoms with Gasteiger partial charge < -0.3 is 20.1 Å². The number of carbonyl (C=O) groups is 2. The first kappa shape index (κ1) is 26.6. The minimum atomic E-state index is -4.56. The molecule has 0 aliphatic carbocycles. The van der Waals surface area contributed by atoms with Crippen LogP contribution in [0.15, 0.2) is 54.6 Å². The molecule has 11 heteroatoms. The third-order valence-corrected chi connectivity index (χ3v) is 6.77. The molecule has 2 fully saturated rings. The number of amides is 2. The largest absolute Gasteiger partial charge is 0.416 e. The van der Waals surface area contributed by atoms with Gasteiger partial charge in [0.2, 0.25) is 5.91 Å². The molecule has 3 heterocycles. The van der Waals surface area contributed by atoms with Crippen molar-refractivity contribution in [2.24, 2.45) is 0 Å². The van der Waals surface area contributed by atoms with Crippen LogP contribution in [-0.2, 0) is 15.7 Å². The highest BCUT2D eigenvalue weighted by Crippen LogP contribution is 2.34. The molecule has 1 aromatic heterocycles. The zero-order valence-electron chi connectivity index (χ0n) is 21.2. The molecule has 8 nitrogen and oxygen atoms in total. The number of morpholine rings is 1. The number of aromatic nitrogens is 1. The average molecular weight is 541 g/mol. The lowest BCUT2D eigenvalue weighted by Gasteiger charge is -2.29. The highest BCUT2D eigenvalue weighted by Gasteiger charge is 2.32. The van der Waals surface area contributed by atoms with E-state index in [2.05, 4.69) is 10.2 Å². The zero-order chi connectivity index (χ0) is 27.7. The number of carbonyl (C=O) groups excluding carboxylic acids is 2. The summed E-state index contributed by atoms with van der Waals surface area (Å²) >= 11 is 0. The minimum absolute atomic E-state index is 0.0227. The van der Waals surface area contributed by atoms with Crippen molar-refractivity contribution in [2.45, 2.75) is 25.6 Å². The fraction of sp³-hybridized carbons (Fsp3) is 0.321. The molecule has 0 spiro atoms. The Balaban J connectivity index is 1.49. The highest BCUT2D eigenvalue weighted by molar-refractivity contribution is 6.04. The second-order valence-electron chi connectivity index (χ2n) is 9.60. The lowest BCUT2D eigenvalue weighted by atomic mass is 9.99. The summed E-state index contributed by atoms with van der Waals surface area (Å²) in [6, 6.07) is 13.1. The van der Waals surface area contributed by atoms with Crippen molar-refractivity contribution < 1.29 is 32.6 Å². The first-order chi connectivity index (χ1) is 18.6. The standard InChI is InChI=1S/C28H27F3N4O4/c1-17-5-6-21(32-27(38)18-3-2-4-20(11-18)28(29,30)31)14-23(17)19-12-24(34-7-9-39-10-8-34)33-25(13-19)35-16-22(36)15-26(35)37/h2-6,11-14,22,36H,7-10,15-16H2,1H3,(H,32,38). The van der Waals surface area contributed by atoms with E-state index in [0.717, 1.165) is 28.8 Å². The minimum Gasteiger partial charge on any atom is -0.391 e. The lowest BCUT2D eigenvalue weighted by Crippen LogP contribution is -2.37. The van der Waals surface area contributed by atoms with Crippen LogP contribution in [0.5, 0.6) is 0 Å². The molecule has 39 heavy (non-hydrogen) atoms. The van der Waals surface area contributed by atoms with Gasteiger partial charge >= 0.3 is 6.18 Å². The van der Waals surface area contributed by atoms with Crippen molar-refractivity contribution in [1.82, 2.24) is 4.98 Å². The van der Waals surface area contributed by atoms with Crippen molar-refractivity contribution in [3.63, 3.8) is 0 Å². The van der Waals surface area contributed by atoms with Crippen LogP contribution >= 0.6 is 0 Å². The van der Waals surface area contributed by atoms with Crippen molar-refractivity contribution in [2.75, 3.05) is 48.0 Å². The van der Waals surface area contributed by atoms with Gasteiger partial charge in [0.1, 0.15) is 11.6 Å². The van der Waals surface area contributed by atoms with Gasteiger partial charge in [-0.2, -0.15) is 13.2 Å². The van der Waals surface area contributed by atoms with Crippen LogP contribution in [0.1, 0.15) is 27.9 Å². The summed E-state index contributed by atoms with van der Waals surface area (Å²) < 4.78 is 44.8. The number of pyridine rings is 1. The number of anilines is 3. The molecule has 1 atom stereocenters. The van der Waals surface area contributed by atoms with Crippen LogP contribution < -0.4 is 15.1 Å². The van der Waals surface area contributed by atoms with E-state index in [1.807, 2.05) is 13.0 Å². The van der Waals surface area contributed by atoms with Crippen LogP contribution in [0, 0.1) is 6.92 Å². The third kappa shape index (κ3) is 5.89. The molecule has 0 radical (unpaired) electrons. The van der Waals surface area contributed by atoms with E-state index in [0.29, 0.717) is 43.6 Å². The Labute approximate surface area is 223 Å². The topological polar surface area (TPSA) is 95.0 Å².